The van der Waals surface area contributed by atoms with Gasteiger partial charge in [-0.2, -0.15) is 0 Å². The lowest BCUT2D eigenvalue weighted by atomic mass is 9.89. The highest BCUT2D eigenvalue weighted by molar-refractivity contribution is 9.10. The molecular formula is C13H18BrNO. The molecule has 0 atom stereocenters. The van der Waals surface area contributed by atoms with E-state index in [0.717, 1.165) is 10.0 Å². The van der Waals surface area contributed by atoms with Gasteiger partial charge >= 0.3 is 0 Å². The summed E-state index contributed by atoms with van der Waals surface area (Å²) < 4.78 is 1.15. The molecule has 0 saturated carbocycles. The van der Waals surface area contributed by atoms with E-state index in [2.05, 4.69) is 33.9 Å². The molecule has 1 N–H and O–H groups in total. The Labute approximate surface area is 105 Å². The second-order valence-electron chi connectivity index (χ2n) is 4.59. The van der Waals surface area contributed by atoms with Crippen LogP contribution >= 0.6 is 15.9 Å². The van der Waals surface area contributed by atoms with Gasteiger partial charge in [-0.3, -0.25) is 0 Å². The zero-order valence-electron chi connectivity index (χ0n) is 9.62. The molecule has 1 heterocycles. The van der Waals surface area contributed by atoms with Crippen molar-refractivity contribution < 1.29 is 5.11 Å². The van der Waals surface area contributed by atoms with Crippen LogP contribution in [-0.4, -0.2) is 30.1 Å². The second kappa shape index (κ2) is 5.30. The number of hydrogen-bond donors (Lipinski definition) is 1. The summed E-state index contributed by atoms with van der Waals surface area (Å²) in [4.78, 5) is 2.38. The molecule has 3 heteroatoms. The maximum Gasteiger partial charge on any atom is 0.0682 e. The molecule has 1 aromatic rings. The molecule has 0 amide bonds. The Kier molecular flexibility index (Phi) is 4.00. The topological polar surface area (TPSA) is 23.5 Å². The first-order chi connectivity index (χ1) is 7.70. The van der Waals surface area contributed by atoms with Gasteiger partial charge in [0.15, 0.2) is 0 Å². The maximum absolute atomic E-state index is 9.07. The van der Waals surface area contributed by atoms with Crippen LogP contribution in [0.1, 0.15) is 29.9 Å². The van der Waals surface area contributed by atoms with E-state index in [1.807, 2.05) is 12.1 Å². The van der Waals surface area contributed by atoms with Crippen LogP contribution < -0.4 is 0 Å². The number of aliphatic hydroxyl groups excluding tert-OH is 1. The Balaban J connectivity index is 2.14. The minimum Gasteiger partial charge on any atom is -0.392 e. The van der Waals surface area contributed by atoms with Crippen molar-refractivity contribution in [2.24, 2.45) is 0 Å². The Bertz CT molecular complexity index is 359. The minimum absolute atomic E-state index is 0.117. The van der Waals surface area contributed by atoms with Gasteiger partial charge in [0, 0.05) is 4.47 Å². The number of nitrogens with zero attached hydrogens (tertiary/aromatic N) is 1. The van der Waals surface area contributed by atoms with Crippen molar-refractivity contribution >= 4 is 15.9 Å². The van der Waals surface area contributed by atoms with Gasteiger partial charge in [0.05, 0.1) is 6.61 Å². The van der Waals surface area contributed by atoms with Crippen molar-refractivity contribution in [3.63, 3.8) is 0 Å². The third kappa shape index (κ3) is 2.65. The van der Waals surface area contributed by atoms with Crippen LogP contribution in [0.4, 0.5) is 0 Å². The van der Waals surface area contributed by atoms with Gasteiger partial charge in [-0.15, -0.1) is 0 Å². The minimum atomic E-state index is 0.117. The highest BCUT2D eigenvalue weighted by atomic mass is 79.9. The molecule has 0 unspecified atom stereocenters. The van der Waals surface area contributed by atoms with Crippen LogP contribution in [0.5, 0.6) is 0 Å². The van der Waals surface area contributed by atoms with Crippen molar-refractivity contribution in [1.29, 1.82) is 0 Å². The summed E-state index contributed by atoms with van der Waals surface area (Å²) in [5.41, 5.74) is 2.37. The third-order valence-electron chi connectivity index (χ3n) is 3.41. The van der Waals surface area contributed by atoms with E-state index in [1.165, 1.54) is 31.5 Å². The molecule has 0 bridgehead atoms. The number of halogens is 1. The standard InChI is InChI=1S/C13H18BrNO/c1-15-6-4-11(5-7-15)12-3-2-10(9-16)8-13(12)14/h2-3,8,11,16H,4-7,9H2,1H3. The molecule has 1 saturated heterocycles. The quantitative estimate of drug-likeness (QED) is 0.902. The molecule has 0 spiro atoms. The Morgan fingerprint density at radius 1 is 1.38 bits per heavy atom. The summed E-state index contributed by atoms with van der Waals surface area (Å²) in [5, 5.41) is 9.07. The molecule has 1 fully saturated rings. The number of benzene rings is 1. The SMILES string of the molecule is CN1CCC(c2ccc(CO)cc2Br)CC1. The molecule has 1 aliphatic heterocycles. The van der Waals surface area contributed by atoms with Crippen molar-refractivity contribution in [2.75, 3.05) is 20.1 Å². The van der Waals surface area contributed by atoms with Crippen molar-refractivity contribution in [3.05, 3.63) is 33.8 Å². The highest BCUT2D eigenvalue weighted by Crippen LogP contribution is 2.33. The zero-order valence-corrected chi connectivity index (χ0v) is 11.2. The summed E-state index contributed by atoms with van der Waals surface area (Å²) in [6.07, 6.45) is 2.46. The molecule has 0 aliphatic carbocycles. The predicted octanol–water partition coefficient (Wildman–Crippen LogP) is 2.75. The predicted molar refractivity (Wildman–Crippen MR) is 69.5 cm³/mol. The summed E-state index contributed by atoms with van der Waals surface area (Å²) in [7, 11) is 2.18. The second-order valence-corrected chi connectivity index (χ2v) is 5.45. The summed E-state index contributed by atoms with van der Waals surface area (Å²) in [6, 6.07) is 6.22. The number of hydrogen-bond acceptors (Lipinski definition) is 2. The van der Waals surface area contributed by atoms with Gasteiger partial charge in [-0.1, -0.05) is 28.1 Å². The molecular weight excluding hydrogens is 266 g/mol. The Morgan fingerprint density at radius 2 is 2.06 bits per heavy atom. The van der Waals surface area contributed by atoms with Gasteiger partial charge in [0.1, 0.15) is 0 Å². The fourth-order valence-corrected chi connectivity index (χ4v) is 3.07. The first-order valence-electron chi connectivity index (χ1n) is 5.78. The summed E-state index contributed by atoms with van der Waals surface area (Å²) in [6.45, 7) is 2.48. The van der Waals surface area contributed by atoms with E-state index in [1.54, 1.807) is 0 Å². The Hall–Kier alpha value is -0.380. The highest BCUT2D eigenvalue weighted by Gasteiger charge is 2.20. The van der Waals surface area contributed by atoms with Crippen LogP contribution in [0.2, 0.25) is 0 Å². The first kappa shape index (κ1) is 12.1. The summed E-state index contributed by atoms with van der Waals surface area (Å²) >= 11 is 3.61. The van der Waals surface area contributed by atoms with Crippen LogP contribution in [0.25, 0.3) is 0 Å². The Morgan fingerprint density at radius 3 is 2.62 bits per heavy atom. The van der Waals surface area contributed by atoms with Gasteiger partial charge in [-0.25, -0.2) is 0 Å². The fourth-order valence-electron chi connectivity index (χ4n) is 2.32. The zero-order chi connectivity index (χ0) is 11.5. The van der Waals surface area contributed by atoms with E-state index < -0.39 is 0 Å². The first-order valence-corrected chi connectivity index (χ1v) is 6.57. The molecule has 2 nitrogen and oxygen atoms in total. The van der Waals surface area contributed by atoms with E-state index in [4.69, 9.17) is 5.11 Å². The number of aliphatic hydroxyl groups is 1. The number of likely N-dealkylation sites (tertiary alicyclic amines) is 1. The lowest BCUT2D eigenvalue weighted by Crippen LogP contribution is -2.29. The maximum atomic E-state index is 9.07. The van der Waals surface area contributed by atoms with E-state index in [9.17, 15) is 0 Å². The van der Waals surface area contributed by atoms with Gasteiger partial charge < -0.3 is 10.0 Å². The average molecular weight is 284 g/mol. The van der Waals surface area contributed by atoms with Crippen LogP contribution in [0, 0.1) is 0 Å². The third-order valence-corrected chi connectivity index (χ3v) is 4.09. The molecule has 0 aromatic heterocycles. The smallest absolute Gasteiger partial charge is 0.0682 e. The van der Waals surface area contributed by atoms with Crippen molar-refractivity contribution in [2.45, 2.75) is 25.4 Å². The normalized spacial score (nSPS) is 18.9. The fraction of sp³-hybridized carbons (Fsp3) is 0.538. The molecule has 0 radical (unpaired) electrons. The molecule has 16 heavy (non-hydrogen) atoms. The van der Waals surface area contributed by atoms with Gasteiger partial charge in [-0.05, 0) is 56.1 Å². The van der Waals surface area contributed by atoms with Crippen molar-refractivity contribution in [3.8, 4) is 0 Å². The van der Waals surface area contributed by atoms with Gasteiger partial charge in [0.2, 0.25) is 0 Å². The van der Waals surface area contributed by atoms with Crippen LogP contribution in [0.15, 0.2) is 22.7 Å². The van der Waals surface area contributed by atoms with Crippen LogP contribution in [-0.2, 0) is 6.61 Å². The molecule has 1 aromatic carbocycles. The van der Waals surface area contributed by atoms with E-state index in [-0.39, 0.29) is 6.61 Å². The number of rotatable bonds is 2. The van der Waals surface area contributed by atoms with Crippen molar-refractivity contribution in [1.82, 2.24) is 4.90 Å². The van der Waals surface area contributed by atoms with E-state index >= 15 is 0 Å². The van der Waals surface area contributed by atoms with Gasteiger partial charge in [0.25, 0.3) is 0 Å². The molecule has 1 aliphatic rings. The number of piperidine rings is 1. The summed E-state index contributed by atoms with van der Waals surface area (Å²) in [5.74, 6) is 0.665. The van der Waals surface area contributed by atoms with E-state index in [0.29, 0.717) is 5.92 Å². The lowest BCUT2D eigenvalue weighted by Gasteiger charge is -2.29. The average Bonchev–Trinajstić information content (AvgIpc) is 2.30. The van der Waals surface area contributed by atoms with Crippen LogP contribution in [0.3, 0.4) is 0 Å². The largest absolute Gasteiger partial charge is 0.392 e. The lowest BCUT2D eigenvalue weighted by molar-refractivity contribution is 0.255. The molecule has 88 valence electrons. The monoisotopic (exact) mass is 283 g/mol. The molecule has 2 rings (SSSR count).